The van der Waals surface area contributed by atoms with E-state index in [-0.39, 0.29) is 18.8 Å². The Balaban J connectivity index is 1.54. The molecule has 3 aromatic rings. The summed E-state index contributed by atoms with van der Waals surface area (Å²) in [5.74, 6) is 0.136. The molecule has 2 aromatic heterocycles. The van der Waals surface area contributed by atoms with Crippen LogP contribution in [0.1, 0.15) is 27.2 Å². The number of aliphatic hydroxyl groups is 1. The number of aryl methyl sites for hydroxylation is 3. The van der Waals surface area contributed by atoms with Crippen molar-refractivity contribution in [3.8, 4) is 0 Å². The molecule has 0 bridgehead atoms. The molecule has 0 aliphatic carbocycles. The van der Waals surface area contributed by atoms with Gasteiger partial charge in [-0.25, -0.2) is 4.79 Å². The number of morpholine rings is 1. The quantitative estimate of drug-likeness (QED) is 0.688. The van der Waals surface area contributed by atoms with Gasteiger partial charge in [-0.1, -0.05) is 18.2 Å². The maximum absolute atomic E-state index is 12.9. The molecule has 4 rings (SSSR count). The number of aromatic nitrogens is 1. The topological polar surface area (TPSA) is 95.8 Å². The summed E-state index contributed by atoms with van der Waals surface area (Å²) < 4.78 is 10.8. The SMILES string of the molecule is Cc1cc(CCc2c[nH]c3ccccc23)oc(=O)c1C(=O)N1CCOCC1CO. The van der Waals surface area contributed by atoms with Crippen molar-refractivity contribution in [2.45, 2.75) is 25.8 Å². The van der Waals surface area contributed by atoms with Crippen molar-refractivity contribution in [3.05, 3.63) is 69.4 Å². The largest absolute Gasteiger partial charge is 0.427 e. The lowest BCUT2D eigenvalue weighted by atomic mass is 10.0. The molecule has 7 heteroatoms. The second-order valence-corrected chi connectivity index (χ2v) is 7.33. The molecule has 1 fully saturated rings. The minimum Gasteiger partial charge on any atom is -0.427 e. The maximum Gasteiger partial charge on any atom is 0.349 e. The van der Waals surface area contributed by atoms with Crippen molar-refractivity contribution in [3.63, 3.8) is 0 Å². The predicted octanol–water partition coefficient (Wildman–Crippen LogP) is 2.05. The summed E-state index contributed by atoms with van der Waals surface area (Å²) in [7, 11) is 0. The van der Waals surface area contributed by atoms with Crippen molar-refractivity contribution in [1.82, 2.24) is 9.88 Å². The molecule has 1 amide bonds. The van der Waals surface area contributed by atoms with Crippen molar-refractivity contribution >= 4 is 16.8 Å². The summed E-state index contributed by atoms with van der Waals surface area (Å²) in [5, 5.41) is 10.7. The number of amides is 1. The molecule has 2 N–H and O–H groups in total. The second kappa shape index (κ2) is 8.23. The molecule has 152 valence electrons. The monoisotopic (exact) mass is 396 g/mol. The number of aliphatic hydroxyl groups excluding tert-OH is 1. The fourth-order valence-corrected chi connectivity index (χ4v) is 3.87. The van der Waals surface area contributed by atoms with Gasteiger partial charge in [-0.3, -0.25) is 4.79 Å². The number of para-hydroxylation sites is 1. The van der Waals surface area contributed by atoms with Crippen LogP contribution in [0.15, 0.2) is 45.7 Å². The van der Waals surface area contributed by atoms with Crippen LogP contribution in [0.25, 0.3) is 10.9 Å². The van der Waals surface area contributed by atoms with E-state index in [1.165, 1.54) is 4.90 Å². The highest BCUT2D eigenvalue weighted by Gasteiger charge is 2.30. The van der Waals surface area contributed by atoms with Gasteiger partial charge in [0.1, 0.15) is 11.3 Å². The smallest absolute Gasteiger partial charge is 0.349 e. The fraction of sp³-hybridized carbons (Fsp3) is 0.364. The van der Waals surface area contributed by atoms with Gasteiger partial charge in [-0.05, 0) is 36.6 Å². The molecule has 1 aliphatic heterocycles. The number of benzene rings is 1. The highest BCUT2D eigenvalue weighted by Crippen LogP contribution is 2.20. The zero-order chi connectivity index (χ0) is 20.4. The maximum atomic E-state index is 12.9. The Labute approximate surface area is 167 Å². The number of nitrogens with one attached hydrogen (secondary N) is 1. The lowest BCUT2D eigenvalue weighted by Gasteiger charge is -2.34. The normalized spacial score (nSPS) is 17.0. The minimum atomic E-state index is -0.632. The van der Waals surface area contributed by atoms with Gasteiger partial charge in [0, 0.05) is 30.1 Å². The summed E-state index contributed by atoms with van der Waals surface area (Å²) in [5.41, 5.74) is 2.21. The number of ether oxygens (including phenoxy) is 1. The van der Waals surface area contributed by atoms with Crippen molar-refractivity contribution in [2.24, 2.45) is 0 Å². The van der Waals surface area contributed by atoms with E-state index in [0.717, 1.165) is 22.9 Å². The number of carbonyl (C=O) groups excluding carboxylic acids is 1. The van der Waals surface area contributed by atoms with Gasteiger partial charge in [0.25, 0.3) is 5.91 Å². The van der Waals surface area contributed by atoms with E-state index >= 15 is 0 Å². The highest BCUT2D eigenvalue weighted by molar-refractivity contribution is 5.95. The van der Waals surface area contributed by atoms with Gasteiger partial charge in [0.05, 0.1) is 25.9 Å². The summed E-state index contributed by atoms with van der Waals surface area (Å²) in [6.45, 7) is 2.52. The van der Waals surface area contributed by atoms with Gasteiger partial charge in [-0.2, -0.15) is 0 Å². The van der Waals surface area contributed by atoms with Crippen LogP contribution in [0, 0.1) is 6.92 Å². The standard InChI is InChI=1S/C22H24N2O5/c1-14-10-17(7-6-15-11-23-19-5-3-2-4-18(15)19)29-22(27)20(14)21(26)24-8-9-28-13-16(24)12-25/h2-5,10-11,16,23,25H,6-9,12-13H2,1H3. The third-order valence-corrected chi connectivity index (χ3v) is 5.43. The Morgan fingerprint density at radius 1 is 1.31 bits per heavy atom. The number of fused-ring (bicyclic) bond motifs is 1. The first-order valence-electron chi connectivity index (χ1n) is 9.76. The molecule has 1 atom stereocenters. The Morgan fingerprint density at radius 2 is 2.14 bits per heavy atom. The number of carbonyl (C=O) groups is 1. The molecule has 1 saturated heterocycles. The lowest BCUT2D eigenvalue weighted by molar-refractivity contribution is -0.0186. The summed E-state index contributed by atoms with van der Waals surface area (Å²) in [4.78, 5) is 30.2. The Morgan fingerprint density at radius 3 is 2.93 bits per heavy atom. The van der Waals surface area contributed by atoms with Gasteiger partial charge in [0.2, 0.25) is 0 Å². The molecule has 29 heavy (non-hydrogen) atoms. The Hall–Kier alpha value is -2.90. The van der Waals surface area contributed by atoms with Crippen LogP contribution in [0.2, 0.25) is 0 Å². The van der Waals surface area contributed by atoms with Gasteiger partial charge < -0.3 is 24.1 Å². The number of nitrogens with zero attached hydrogens (tertiary/aromatic N) is 1. The molecule has 1 aromatic carbocycles. The van der Waals surface area contributed by atoms with Crippen LogP contribution < -0.4 is 5.63 Å². The van der Waals surface area contributed by atoms with Gasteiger partial charge in [-0.15, -0.1) is 0 Å². The van der Waals surface area contributed by atoms with Crippen LogP contribution in [0.5, 0.6) is 0 Å². The van der Waals surface area contributed by atoms with E-state index in [2.05, 4.69) is 11.1 Å². The first-order chi connectivity index (χ1) is 14.1. The van der Waals surface area contributed by atoms with Crippen molar-refractivity contribution in [1.29, 1.82) is 0 Å². The molecule has 0 radical (unpaired) electrons. The minimum absolute atomic E-state index is 0.0289. The summed E-state index contributed by atoms with van der Waals surface area (Å²) in [6.07, 6.45) is 3.25. The van der Waals surface area contributed by atoms with Crippen molar-refractivity contribution < 1.29 is 19.1 Å². The van der Waals surface area contributed by atoms with Crippen LogP contribution in [-0.4, -0.2) is 53.3 Å². The average Bonchev–Trinajstić information content (AvgIpc) is 3.15. The van der Waals surface area contributed by atoms with E-state index in [1.807, 2.05) is 24.4 Å². The number of H-pyrrole nitrogens is 1. The zero-order valence-corrected chi connectivity index (χ0v) is 16.3. The number of aromatic amines is 1. The lowest BCUT2D eigenvalue weighted by Crippen LogP contribution is -2.51. The first kappa shape index (κ1) is 19.4. The molecule has 1 aliphatic rings. The summed E-state index contributed by atoms with van der Waals surface area (Å²) in [6, 6.07) is 9.37. The van der Waals surface area contributed by atoms with Crippen LogP contribution in [0.4, 0.5) is 0 Å². The van der Waals surface area contributed by atoms with E-state index in [9.17, 15) is 14.7 Å². The Bertz CT molecular complexity index is 1080. The molecule has 1 unspecified atom stereocenters. The third kappa shape index (κ3) is 3.83. The van der Waals surface area contributed by atoms with E-state index < -0.39 is 17.6 Å². The summed E-state index contributed by atoms with van der Waals surface area (Å²) >= 11 is 0. The van der Waals surface area contributed by atoms with Crippen molar-refractivity contribution in [2.75, 3.05) is 26.4 Å². The van der Waals surface area contributed by atoms with Crippen LogP contribution >= 0.6 is 0 Å². The predicted molar refractivity (Wildman–Crippen MR) is 108 cm³/mol. The zero-order valence-electron chi connectivity index (χ0n) is 16.3. The molecule has 0 spiro atoms. The second-order valence-electron chi connectivity index (χ2n) is 7.33. The fourth-order valence-electron chi connectivity index (χ4n) is 3.87. The highest BCUT2D eigenvalue weighted by atomic mass is 16.5. The van der Waals surface area contributed by atoms with Crippen LogP contribution in [-0.2, 0) is 17.6 Å². The Kier molecular flexibility index (Phi) is 5.51. The molecule has 3 heterocycles. The number of hydrogen-bond donors (Lipinski definition) is 2. The third-order valence-electron chi connectivity index (χ3n) is 5.43. The van der Waals surface area contributed by atoms with E-state index in [4.69, 9.17) is 9.15 Å². The van der Waals surface area contributed by atoms with E-state index in [1.54, 1.807) is 13.0 Å². The molecular formula is C22H24N2O5. The molecule has 0 saturated carbocycles. The molecule has 7 nitrogen and oxygen atoms in total. The first-order valence-corrected chi connectivity index (χ1v) is 9.76. The van der Waals surface area contributed by atoms with Crippen LogP contribution in [0.3, 0.4) is 0 Å². The average molecular weight is 396 g/mol. The van der Waals surface area contributed by atoms with Gasteiger partial charge >= 0.3 is 5.63 Å². The van der Waals surface area contributed by atoms with E-state index in [0.29, 0.717) is 30.9 Å². The molecular weight excluding hydrogens is 372 g/mol. The number of hydrogen-bond acceptors (Lipinski definition) is 5. The van der Waals surface area contributed by atoms with Gasteiger partial charge in [0.15, 0.2) is 0 Å². The number of rotatable bonds is 5.